The minimum Gasteiger partial charge on any atom is -0.481 e. The second kappa shape index (κ2) is 9.89. The Morgan fingerprint density at radius 2 is 1.60 bits per heavy atom. The lowest BCUT2D eigenvalue weighted by Gasteiger charge is -2.15. The second-order valence-electron chi connectivity index (χ2n) is 6.94. The first-order valence-electron chi connectivity index (χ1n) is 9.59. The van der Waals surface area contributed by atoms with Crippen LogP contribution >= 0.6 is 0 Å². The first kappa shape index (κ1) is 21.3. The molecule has 1 unspecified atom stereocenters. The monoisotopic (exact) mass is 412 g/mol. The third-order valence-electron chi connectivity index (χ3n) is 5.00. The van der Waals surface area contributed by atoms with Crippen molar-refractivity contribution in [2.45, 2.75) is 18.4 Å². The standard InChI is InChI=1S/C22H24N2O6/c1-29-14(10-21(26)27)11-23-20(25)12-24-22(28)30-13-19-17-8-4-2-6-15(17)16-7-3-5-9-18(16)19/h2-9,14,19H,10-13H2,1H3,(H,23,25)(H,24,28)(H,26,27). The van der Waals surface area contributed by atoms with Gasteiger partial charge in [-0.15, -0.1) is 0 Å². The minimum absolute atomic E-state index is 0.0357. The van der Waals surface area contributed by atoms with Gasteiger partial charge in [0, 0.05) is 19.6 Å². The van der Waals surface area contributed by atoms with Crippen molar-refractivity contribution in [1.29, 1.82) is 0 Å². The number of methoxy groups -OCH3 is 1. The summed E-state index contributed by atoms with van der Waals surface area (Å²) in [6, 6.07) is 16.0. The number of carboxylic acid groups (broad SMARTS) is 1. The molecule has 0 bridgehead atoms. The second-order valence-corrected chi connectivity index (χ2v) is 6.94. The highest BCUT2D eigenvalue weighted by Gasteiger charge is 2.29. The van der Waals surface area contributed by atoms with Gasteiger partial charge < -0.3 is 25.2 Å². The van der Waals surface area contributed by atoms with Crippen LogP contribution in [0.25, 0.3) is 11.1 Å². The molecule has 2 aromatic carbocycles. The van der Waals surface area contributed by atoms with Crippen LogP contribution in [0.1, 0.15) is 23.5 Å². The molecule has 30 heavy (non-hydrogen) atoms. The van der Waals surface area contributed by atoms with Crippen molar-refractivity contribution < 1.29 is 29.0 Å². The van der Waals surface area contributed by atoms with E-state index in [9.17, 15) is 14.4 Å². The van der Waals surface area contributed by atoms with Crippen LogP contribution in [0, 0.1) is 0 Å². The maximum atomic E-state index is 12.1. The zero-order valence-corrected chi connectivity index (χ0v) is 16.6. The largest absolute Gasteiger partial charge is 0.481 e. The highest BCUT2D eigenvalue weighted by Crippen LogP contribution is 2.44. The summed E-state index contributed by atoms with van der Waals surface area (Å²) in [7, 11) is 1.37. The van der Waals surface area contributed by atoms with Gasteiger partial charge in [-0.05, 0) is 22.3 Å². The molecule has 0 radical (unpaired) electrons. The lowest BCUT2D eigenvalue weighted by Crippen LogP contribution is -2.41. The number of carboxylic acids is 1. The van der Waals surface area contributed by atoms with Gasteiger partial charge in [-0.1, -0.05) is 48.5 Å². The number of fused-ring (bicyclic) bond motifs is 3. The number of ether oxygens (including phenoxy) is 2. The molecule has 0 spiro atoms. The van der Waals surface area contributed by atoms with E-state index < -0.39 is 24.1 Å². The van der Waals surface area contributed by atoms with E-state index in [-0.39, 0.29) is 32.0 Å². The topological polar surface area (TPSA) is 114 Å². The highest BCUT2D eigenvalue weighted by atomic mass is 16.5. The van der Waals surface area contributed by atoms with Crippen LogP contribution in [0.2, 0.25) is 0 Å². The maximum absolute atomic E-state index is 12.1. The van der Waals surface area contributed by atoms with Crippen LogP contribution in [0.5, 0.6) is 0 Å². The molecule has 0 aliphatic heterocycles. The number of amides is 2. The Morgan fingerprint density at radius 1 is 1.00 bits per heavy atom. The van der Waals surface area contributed by atoms with Gasteiger partial charge in [-0.25, -0.2) is 4.79 Å². The zero-order valence-electron chi connectivity index (χ0n) is 16.6. The molecule has 3 rings (SSSR count). The van der Waals surface area contributed by atoms with Crippen molar-refractivity contribution in [2.24, 2.45) is 0 Å². The molecule has 3 N–H and O–H groups in total. The van der Waals surface area contributed by atoms with Gasteiger partial charge >= 0.3 is 12.1 Å². The molecule has 0 fully saturated rings. The number of alkyl carbamates (subject to hydrolysis) is 1. The molecular weight excluding hydrogens is 388 g/mol. The van der Waals surface area contributed by atoms with E-state index in [1.807, 2.05) is 36.4 Å². The third kappa shape index (κ3) is 5.15. The van der Waals surface area contributed by atoms with Crippen molar-refractivity contribution >= 4 is 18.0 Å². The van der Waals surface area contributed by atoms with Crippen molar-refractivity contribution in [3.8, 4) is 11.1 Å². The summed E-state index contributed by atoms with van der Waals surface area (Å²) in [4.78, 5) is 34.6. The molecule has 1 aliphatic rings. The lowest BCUT2D eigenvalue weighted by molar-refractivity contribution is -0.140. The van der Waals surface area contributed by atoms with E-state index in [0.717, 1.165) is 22.3 Å². The fourth-order valence-corrected chi connectivity index (χ4v) is 3.53. The summed E-state index contributed by atoms with van der Waals surface area (Å²) < 4.78 is 10.3. The van der Waals surface area contributed by atoms with Crippen molar-refractivity contribution in [3.05, 3.63) is 59.7 Å². The zero-order chi connectivity index (χ0) is 21.5. The first-order chi connectivity index (χ1) is 14.5. The Bertz CT molecular complexity index is 884. The molecule has 1 aliphatic carbocycles. The van der Waals surface area contributed by atoms with E-state index in [1.54, 1.807) is 0 Å². The normalized spacial score (nSPS) is 13.1. The number of nitrogens with one attached hydrogen (secondary N) is 2. The van der Waals surface area contributed by atoms with Gasteiger partial charge in [0.1, 0.15) is 6.61 Å². The molecule has 0 saturated heterocycles. The summed E-state index contributed by atoms with van der Waals surface area (Å²) in [5.74, 6) is -1.54. The Morgan fingerprint density at radius 3 is 2.17 bits per heavy atom. The lowest BCUT2D eigenvalue weighted by atomic mass is 9.98. The smallest absolute Gasteiger partial charge is 0.407 e. The van der Waals surface area contributed by atoms with Crippen molar-refractivity contribution in [1.82, 2.24) is 10.6 Å². The molecule has 8 heteroatoms. The van der Waals surface area contributed by atoms with Gasteiger partial charge in [0.25, 0.3) is 0 Å². The van der Waals surface area contributed by atoms with Crippen LogP contribution in [0.15, 0.2) is 48.5 Å². The average molecular weight is 412 g/mol. The van der Waals surface area contributed by atoms with E-state index in [2.05, 4.69) is 22.8 Å². The predicted octanol–water partition coefficient (Wildman–Crippen LogP) is 2.13. The number of hydrogen-bond donors (Lipinski definition) is 3. The third-order valence-corrected chi connectivity index (χ3v) is 5.00. The van der Waals surface area contributed by atoms with Crippen LogP contribution < -0.4 is 10.6 Å². The van der Waals surface area contributed by atoms with Gasteiger partial charge in [0.15, 0.2) is 0 Å². The molecule has 158 valence electrons. The Balaban J connectivity index is 1.47. The number of hydrogen-bond acceptors (Lipinski definition) is 5. The van der Waals surface area contributed by atoms with E-state index >= 15 is 0 Å². The maximum Gasteiger partial charge on any atom is 0.407 e. The quantitative estimate of drug-likeness (QED) is 0.581. The summed E-state index contributed by atoms with van der Waals surface area (Å²) in [5.41, 5.74) is 4.48. The summed E-state index contributed by atoms with van der Waals surface area (Å²) in [6.45, 7) is -0.0833. The van der Waals surface area contributed by atoms with Crippen LogP contribution in [0.3, 0.4) is 0 Å². The SMILES string of the molecule is COC(CNC(=O)CNC(=O)OCC1c2ccccc2-c2ccccc21)CC(=O)O. The fourth-order valence-electron chi connectivity index (χ4n) is 3.53. The summed E-state index contributed by atoms with van der Waals surface area (Å²) in [6.07, 6.45) is -1.56. The molecule has 1 atom stereocenters. The molecule has 8 nitrogen and oxygen atoms in total. The minimum atomic E-state index is -1.02. The van der Waals surface area contributed by atoms with E-state index in [1.165, 1.54) is 7.11 Å². The first-order valence-corrected chi connectivity index (χ1v) is 9.59. The Kier molecular flexibility index (Phi) is 7.03. The predicted molar refractivity (Wildman–Crippen MR) is 109 cm³/mol. The average Bonchev–Trinajstić information content (AvgIpc) is 3.07. The molecule has 0 aromatic heterocycles. The molecule has 2 amide bonds. The van der Waals surface area contributed by atoms with Crippen LogP contribution in [-0.2, 0) is 19.1 Å². The Hall–Kier alpha value is -3.39. The molecule has 0 heterocycles. The summed E-state index contributed by atoms with van der Waals surface area (Å²) >= 11 is 0. The molecular formula is C22H24N2O6. The molecule has 2 aromatic rings. The molecule has 0 saturated carbocycles. The van der Waals surface area contributed by atoms with Gasteiger partial charge in [-0.3, -0.25) is 9.59 Å². The number of rotatable bonds is 9. The van der Waals surface area contributed by atoms with Crippen molar-refractivity contribution in [3.63, 3.8) is 0 Å². The highest BCUT2D eigenvalue weighted by molar-refractivity contribution is 5.82. The fraction of sp³-hybridized carbons (Fsp3) is 0.318. The number of aliphatic carboxylic acids is 1. The van der Waals surface area contributed by atoms with Crippen LogP contribution in [-0.4, -0.2) is 56.0 Å². The van der Waals surface area contributed by atoms with E-state index in [4.69, 9.17) is 14.6 Å². The van der Waals surface area contributed by atoms with Gasteiger partial charge in [0.05, 0.1) is 19.1 Å². The Labute approximate surface area is 174 Å². The van der Waals surface area contributed by atoms with Gasteiger partial charge in [-0.2, -0.15) is 0 Å². The van der Waals surface area contributed by atoms with Gasteiger partial charge in [0.2, 0.25) is 5.91 Å². The van der Waals surface area contributed by atoms with E-state index in [0.29, 0.717) is 0 Å². The van der Waals surface area contributed by atoms with Crippen molar-refractivity contribution in [2.75, 3.05) is 26.8 Å². The number of benzene rings is 2. The van der Waals surface area contributed by atoms with Crippen LogP contribution in [0.4, 0.5) is 4.79 Å². The number of carbonyl (C=O) groups is 3. The summed E-state index contributed by atoms with van der Waals surface area (Å²) in [5, 5.41) is 13.7. The number of carbonyl (C=O) groups excluding carboxylic acids is 2.